The molecular weight excluding hydrogens is 390 g/mol. The number of hydrogen-bond donors (Lipinski definition) is 2. The summed E-state index contributed by atoms with van der Waals surface area (Å²) in [6.45, 7) is 3.67. The van der Waals surface area contributed by atoms with Crippen molar-refractivity contribution in [3.63, 3.8) is 0 Å². The minimum Gasteiger partial charge on any atom is -0.486 e. The van der Waals surface area contributed by atoms with Crippen LogP contribution >= 0.6 is 11.3 Å². The molecule has 0 saturated carbocycles. The molecule has 2 aliphatic rings. The molecule has 7 nitrogen and oxygen atoms in total. The van der Waals surface area contributed by atoms with Crippen molar-refractivity contribution in [2.24, 2.45) is 5.92 Å². The normalized spacial score (nSPS) is 17.2. The maximum atomic E-state index is 12.4. The standard InChI is InChI=1S/C21H25N3O4S/c1-13-3-6-18-15(9-13)11-19(29-18)20(25)22-23-21(26)24(2)12-14-4-5-16-17(10-14)28-8-7-27-16/h4-5,10-11,13H,3,6-9,12H2,1-2H3,(H,22,25)(H,23,26). The van der Waals surface area contributed by atoms with Crippen molar-refractivity contribution < 1.29 is 19.1 Å². The summed E-state index contributed by atoms with van der Waals surface area (Å²) < 4.78 is 11.1. The molecule has 1 aromatic carbocycles. The number of nitrogens with zero attached hydrogens (tertiary/aromatic N) is 1. The molecule has 1 aliphatic carbocycles. The van der Waals surface area contributed by atoms with E-state index in [0.717, 1.165) is 24.8 Å². The summed E-state index contributed by atoms with van der Waals surface area (Å²) in [4.78, 5) is 28.2. The summed E-state index contributed by atoms with van der Waals surface area (Å²) in [7, 11) is 1.67. The monoisotopic (exact) mass is 415 g/mol. The van der Waals surface area contributed by atoms with Gasteiger partial charge in [0.05, 0.1) is 4.88 Å². The summed E-state index contributed by atoms with van der Waals surface area (Å²) >= 11 is 1.52. The molecule has 29 heavy (non-hydrogen) atoms. The largest absolute Gasteiger partial charge is 0.486 e. The van der Waals surface area contributed by atoms with E-state index in [2.05, 4.69) is 17.8 Å². The first kappa shape index (κ1) is 19.6. The Morgan fingerprint density at radius 2 is 1.97 bits per heavy atom. The van der Waals surface area contributed by atoms with Crippen molar-refractivity contribution in [2.75, 3.05) is 20.3 Å². The molecule has 1 atom stereocenters. The summed E-state index contributed by atoms with van der Waals surface area (Å²) in [5, 5.41) is 0. The van der Waals surface area contributed by atoms with Gasteiger partial charge in [-0.2, -0.15) is 0 Å². The Kier molecular flexibility index (Phi) is 5.62. The van der Waals surface area contributed by atoms with Gasteiger partial charge in [0.1, 0.15) is 13.2 Å². The Labute approximate surface area is 174 Å². The number of thiophene rings is 1. The van der Waals surface area contributed by atoms with Crippen LogP contribution in [0.4, 0.5) is 4.79 Å². The van der Waals surface area contributed by atoms with Crippen LogP contribution in [-0.4, -0.2) is 37.1 Å². The highest BCUT2D eigenvalue weighted by Gasteiger charge is 2.21. The lowest BCUT2D eigenvalue weighted by atomic mass is 9.90. The van der Waals surface area contributed by atoms with Crippen LogP contribution in [0.5, 0.6) is 11.5 Å². The van der Waals surface area contributed by atoms with E-state index in [0.29, 0.717) is 42.1 Å². The van der Waals surface area contributed by atoms with Crippen LogP contribution in [-0.2, 0) is 19.4 Å². The number of benzene rings is 1. The second-order valence-electron chi connectivity index (χ2n) is 7.63. The highest BCUT2D eigenvalue weighted by Crippen LogP contribution is 2.32. The molecule has 0 radical (unpaired) electrons. The van der Waals surface area contributed by atoms with Crippen LogP contribution < -0.4 is 20.3 Å². The van der Waals surface area contributed by atoms with E-state index in [-0.39, 0.29) is 11.9 Å². The fraction of sp³-hybridized carbons (Fsp3) is 0.429. The zero-order valence-electron chi connectivity index (χ0n) is 16.6. The van der Waals surface area contributed by atoms with Crippen molar-refractivity contribution in [3.05, 3.63) is 45.1 Å². The van der Waals surface area contributed by atoms with Gasteiger partial charge in [0.25, 0.3) is 5.91 Å². The molecule has 2 aromatic rings. The SMILES string of the molecule is CC1CCc2sc(C(=O)NNC(=O)N(C)Cc3ccc4c(c3)OCCO4)cc2C1. The Balaban J connectivity index is 1.30. The first-order valence-corrected chi connectivity index (χ1v) is 10.6. The van der Waals surface area contributed by atoms with Gasteiger partial charge in [-0.25, -0.2) is 10.2 Å². The summed E-state index contributed by atoms with van der Waals surface area (Å²) in [6.07, 6.45) is 3.21. The van der Waals surface area contributed by atoms with Crippen molar-refractivity contribution >= 4 is 23.3 Å². The van der Waals surface area contributed by atoms with E-state index >= 15 is 0 Å². The number of hydrogen-bond acceptors (Lipinski definition) is 5. The van der Waals surface area contributed by atoms with E-state index in [9.17, 15) is 9.59 Å². The van der Waals surface area contributed by atoms with E-state index in [4.69, 9.17) is 9.47 Å². The lowest BCUT2D eigenvalue weighted by Gasteiger charge is -2.21. The number of aryl methyl sites for hydroxylation is 1. The fourth-order valence-corrected chi connectivity index (χ4v) is 4.72. The first-order valence-electron chi connectivity index (χ1n) is 9.81. The molecule has 1 aliphatic heterocycles. The summed E-state index contributed by atoms with van der Waals surface area (Å²) in [5.74, 6) is 1.78. The number of hydrazine groups is 1. The molecule has 4 rings (SSSR count). The quantitative estimate of drug-likeness (QED) is 0.755. The molecule has 0 fully saturated rings. The molecule has 154 valence electrons. The smallest absolute Gasteiger partial charge is 0.336 e. The molecule has 0 bridgehead atoms. The lowest BCUT2D eigenvalue weighted by molar-refractivity contribution is 0.0935. The van der Waals surface area contributed by atoms with Gasteiger partial charge in [0, 0.05) is 18.5 Å². The average molecular weight is 416 g/mol. The van der Waals surface area contributed by atoms with Gasteiger partial charge >= 0.3 is 6.03 Å². The maximum absolute atomic E-state index is 12.4. The minimum atomic E-state index is -0.386. The second-order valence-corrected chi connectivity index (χ2v) is 8.76. The van der Waals surface area contributed by atoms with Gasteiger partial charge in [0.15, 0.2) is 11.5 Å². The van der Waals surface area contributed by atoms with Gasteiger partial charge in [-0.3, -0.25) is 10.2 Å². The predicted molar refractivity (Wildman–Crippen MR) is 110 cm³/mol. The Bertz CT molecular complexity index is 927. The number of urea groups is 1. The first-order chi connectivity index (χ1) is 14.0. The molecule has 1 aromatic heterocycles. The number of nitrogens with one attached hydrogen (secondary N) is 2. The van der Waals surface area contributed by atoms with E-state index < -0.39 is 0 Å². The molecule has 2 heterocycles. The lowest BCUT2D eigenvalue weighted by Crippen LogP contribution is -2.47. The van der Waals surface area contributed by atoms with Crippen molar-refractivity contribution in [2.45, 2.75) is 32.7 Å². The number of carbonyl (C=O) groups excluding carboxylic acids is 2. The average Bonchev–Trinajstić information content (AvgIpc) is 3.15. The highest BCUT2D eigenvalue weighted by atomic mass is 32.1. The predicted octanol–water partition coefficient (Wildman–Crippen LogP) is 3.13. The van der Waals surface area contributed by atoms with Gasteiger partial charge in [-0.1, -0.05) is 13.0 Å². The molecular formula is C21H25N3O4S. The number of amides is 3. The third-order valence-electron chi connectivity index (χ3n) is 5.21. The van der Waals surface area contributed by atoms with Gasteiger partial charge in [-0.05, 0) is 54.5 Å². The van der Waals surface area contributed by atoms with Crippen molar-refractivity contribution in [1.29, 1.82) is 0 Å². The van der Waals surface area contributed by atoms with Crippen LogP contribution in [0.2, 0.25) is 0 Å². The third kappa shape index (κ3) is 4.48. The number of carbonyl (C=O) groups is 2. The van der Waals surface area contributed by atoms with E-state index in [1.54, 1.807) is 7.05 Å². The minimum absolute atomic E-state index is 0.280. The maximum Gasteiger partial charge on any atom is 0.336 e. The number of ether oxygens (including phenoxy) is 2. The van der Waals surface area contributed by atoms with Crippen LogP contribution in [0.1, 0.15) is 39.0 Å². The van der Waals surface area contributed by atoms with E-state index in [1.807, 2.05) is 24.3 Å². The van der Waals surface area contributed by atoms with Gasteiger partial charge in [0.2, 0.25) is 0 Å². The molecule has 8 heteroatoms. The Morgan fingerprint density at radius 1 is 1.17 bits per heavy atom. The van der Waals surface area contributed by atoms with Crippen molar-refractivity contribution in [3.8, 4) is 11.5 Å². The topological polar surface area (TPSA) is 79.9 Å². The molecule has 2 N–H and O–H groups in total. The number of rotatable bonds is 3. The highest BCUT2D eigenvalue weighted by molar-refractivity contribution is 7.14. The zero-order valence-corrected chi connectivity index (χ0v) is 17.4. The van der Waals surface area contributed by atoms with Crippen LogP contribution in [0, 0.1) is 5.92 Å². The van der Waals surface area contributed by atoms with E-state index in [1.165, 1.54) is 26.7 Å². The van der Waals surface area contributed by atoms with Crippen LogP contribution in [0.25, 0.3) is 0 Å². The van der Waals surface area contributed by atoms with Crippen LogP contribution in [0.15, 0.2) is 24.3 Å². The fourth-order valence-electron chi connectivity index (χ4n) is 3.62. The molecule has 3 amide bonds. The Hall–Kier alpha value is -2.74. The molecule has 0 spiro atoms. The molecule has 1 unspecified atom stereocenters. The van der Waals surface area contributed by atoms with Gasteiger partial charge in [-0.15, -0.1) is 11.3 Å². The third-order valence-corrected chi connectivity index (χ3v) is 6.44. The number of fused-ring (bicyclic) bond motifs is 2. The van der Waals surface area contributed by atoms with Crippen molar-refractivity contribution in [1.82, 2.24) is 15.8 Å². The zero-order chi connectivity index (χ0) is 20.4. The Morgan fingerprint density at radius 3 is 2.79 bits per heavy atom. The molecule has 0 saturated heterocycles. The summed E-state index contributed by atoms with van der Waals surface area (Å²) in [6, 6.07) is 7.18. The van der Waals surface area contributed by atoms with Gasteiger partial charge < -0.3 is 14.4 Å². The summed E-state index contributed by atoms with van der Waals surface area (Å²) in [5.41, 5.74) is 7.19. The second kappa shape index (κ2) is 8.32. The van der Waals surface area contributed by atoms with Crippen LogP contribution in [0.3, 0.4) is 0 Å².